The van der Waals surface area contributed by atoms with Crippen LogP contribution in [0.3, 0.4) is 0 Å². The Balaban J connectivity index is 1.52. The highest BCUT2D eigenvalue weighted by Crippen LogP contribution is 2.31. The van der Waals surface area contributed by atoms with Gasteiger partial charge in [0.2, 0.25) is 5.95 Å². The van der Waals surface area contributed by atoms with Crippen molar-refractivity contribution in [3.05, 3.63) is 102 Å². The number of nitrogens with zero attached hydrogens (tertiary/aromatic N) is 4. The predicted molar refractivity (Wildman–Crippen MR) is 127 cm³/mol. The van der Waals surface area contributed by atoms with Gasteiger partial charge in [-0.05, 0) is 42.7 Å². The summed E-state index contributed by atoms with van der Waals surface area (Å²) < 4.78 is 8.21. The Kier molecular flexibility index (Phi) is 6.15. The molecule has 32 heavy (non-hydrogen) atoms. The molecule has 0 saturated heterocycles. The number of benzene rings is 3. The number of hydrogen-bond donors (Lipinski definition) is 0. The van der Waals surface area contributed by atoms with E-state index in [1.807, 2.05) is 36.4 Å². The number of anilines is 1. The van der Waals surface area contributed by atoms with Crippen LogP contribution >= 0.6 is 0 Å². The molecular formula is C27H28N4O. The lowest BCUT2D eigenvalue weighted by molar-refractivity contribution is 0.293. The molecule has 3 aromatic carbocycles. The Morgan fingerprint density at radius 1 is 0.781 bits per heavy atom. The smallest absolute Gasteiger partial charge is 0.232 e. The van der Waals surface area contributed by atoms with Crippen molar-refractivity contribution < 1.29 is 4.74 Å². The van der Waals surface area contributed by atoms with Gasteiger partial charge in [0, 0.05) is 12.6 Å². The number of aromatic nitrogens is 3. The Hall–Kier alpha value is -3.60. The summed E-state index contributed by atoms with van der Waals surface area (Å²) in [6, 6.07) is 31.3. The molecule has 0 radical (unpaired) electrons. The van der Waals surface area contributed by atoms with E-state index in [0.29, 0.717) is 12.6 Å². The molecule has 1 fully saturated rings. The molecule has 1 aromatic heterocycles. The van der Waals surface area contributed by atoms with Gasteiger partial charge in [-0.25, -0.2) is 0 Å². The van der Waals surface area contributed by atoms with E-state index in [1.165, 1.54) is 31.2 Å². The van der Waals surface area contributed by atoms with Crippen molar-refractivity contribution in [2.45, 2.75) is 44.9 Å². The minimum absolute atomic E-state index is 0.357. The number of hydrogen-bond acceptors (Lipinski definition) is 4. The molecule has 0 bridgehead atoms. The standard InChI is InChI=1S/C27H28N4O/c1-4-12-22(13-5-1)20-30(23-14-10-11-15-23)27-29-28-26(21-32-25-18-8-3-9-19-25)31(27)24-16-6-2-7-17-24/h1-9,12-13,16-19,23H,10-11,14-15,20-21H2. The molecule has 4 aromatic rings. The molecule has 0 atom stereocenters. The molecule has 162 valence electrons. The second kappa shape index (κ2) is 9.69. The molecular weight excluding hydrogens is 396 g/mol. The van der Waals surface area contributed by atoms with E-state index in [4.69, 9.17) is 9.84 Å². The highest BCUT2D eigenvalue weighted by atomic mass is 16.5. The summed E-state index contributed by atoms with van der Waals surface area (Å²) in [6.45, 7) is 1.17. The zero-order valence-electron chi connectivity index (χ0n) is 18.2. The fourth-order valence-corrected chi connectivity index (χ4v) is 4.45. The normalized spacial score (nSPS) is 13.9. The fourth-order valence-electron chi connectivity index (χ4n) is 4.45. The first-order chi connectivity index (χ1) is 15.9. The van der Waals surface area contributed by atoms with Crippen LogP contribution in [0.2, 0.25) is 0 Å². The summed E-state index contributed by atoms with van der Waals surface area (Å²) in [6.07, 6.45) is 4.90. The summed E-state index contributed by atoms with van der Waals surface area (Å²) in [7, 11) is 0. The zero-order chi connectivity index (χ0) is 21.6. The van der Waals surface area contributed by atoms with Gasteiger partial charge >= 0.3 is 0 Å². The zero-order valence-corrected chi connectivity index (χ0v) is 18.2. The topological polar surface area (TPSA) is 43.2 Å². The first-order valence-electron chi connectivity index (χ1n) is 11.4. The van der Waals surface area contributed by atoms with E-state index in [0.717, 1.165) is 29.8 Å². The summed E-state index contributed by atoms with van der Waals surface area (Å²) >= 11 is 0. The van der Waals surface area contributed by atoms with Gasteiger partial charge in [-0.15, -0.1) is 10.2 Å². The molecule has 0 amide bonds. The van der Waals surface area contributed by atoms with Gasteiger partial charge in [0.15, 0.2) is 5.82 Å². The molecule has 1 saturated carbocycles. The quantitative estimate of drug-likeness (QED) is 0.359. The molecule has 5 nitrogen and oxygen atoms in total. The number of rotatable bonds is 8. The largest absolute Gasteiger partial charge is 0.486 e. The molecule has 5 rings (SSSR count). The van der Waals surface area contributed by atoms with E-state index in [9.17, 15) is 0 Å². The first-order valence-corrected chi connectivity index (χ1v) is 11.4. The van der Waals surface area contributed by atoms with Crippen LogP contribution in [-0.4, -0.2) is 20.8 Å². The van der Waals surface area contributed by atoms with E-state index in [-0.39, 0.29) is 0 Å². The fraction of sp³-hybridized carbons (Fsp3) is 0.259. The second-order valence-electron chi connectivity index (χ2n) is 8.24. The van der Waals surface area contributed by atoms with Gasteiger partial charge in [0.1, 0.15) is 12.4 Å². The molecule has 1 aliphatic carbocycles. The Morgan fingerprint density at radius 3 is 2.09 bits per heavy atom. The van der Waals surface area contributed by atoms with Gasteiger partial charge < -0.3 is 9.64 Å². The average molecular weight is 425 g/mol. The average Bonchev–Trinajstić information content (AvgIpc) is 3.54. The highest BCUT2D eigenvalue weighted by Gasteiger charge is 2.28. The third-order valence-electron chi connectivity index (χ3n) is 6.06. The number of ether oxygens (including phenoxy) is 1. The van der Waals surface area contributed by atoms with Crippen LogP contribution in [-0.2, 0) is 13.2 Å². The van der Waals surface area contributed by atoms with Crippen LogP contribution in [0.4, 0.5) is 5.95 Å². The molecule has 0 aliphatic heterocycles. The summed E-state index contributed by atoms with van der Waals surface area (Å²) in [4.78, 5) is 2.44. The molecule has 1 aliphatic rings. The van der Waals surface area contributed by atoms with E-state index >= 15 is 0 Å². The first kappa shape index (κ1) is 20.3. The number of para-hydroxylation sites is 2. The third kappa shape index (κ3) is 4.52. The van der Waals surface area contributed by atoms with Crippen LogP contribution in [0.25, 0.3) is 5.69 Å². The minimum Gasteiger partial charge on any atom is -0.486 e. The Morgan fingerprint density at radius 2 is 1.41 bits per heavy atom. The molecule has 0 unspecified atom stereocenters. The van der Waals surface area contributed by atoms with Gasteiger partial charge in [-0.1, -0.05) is 79.6 Å². The summed E-state index contributed by atoms with van der Waals surface area (Å²) in [5.74, 6) is 2.51. The van der Waals surface area contributed by atoms with Crippen molar-refractivity contribution in [3.63, 3.8) is 0 Å². The van der Waals surface area contributed by atoms with E-state index in [2.05, 4.69) is 69.2 Å². The van der Waals surface area contributed by atoms with Crippen molar-refractivity contribution in [1.82, 2.24) is 14.8 Å². The monoisotopic (exact) mass is 424 g/mol. The van der Waals surface area contributed by atoms with Crippen molar-refractivity contribution in [3.8, 4) is 11.4 Å². The van der Waals surface area contributed by atoms with Crippen LogP contribution in [0.1, 0.15) is 37.1 Å². The maximum atomic E-state index is 6.05. The van der Waals surface area contributed by atoms with Crippen LogP contribution in [0.5, 0.6) is 5.75 Å². The maximum absolute atomic E-state index is 6.05. The molecule has 5 heteroatoms. The summed E-state index contributed by atoms with van der Waals surface area (Å²) in [5, 5.41) is 9.29. The van der Waals surface area contributed by atoms with Crippen molar-refractivity contribution in [2.24, 2.45) is 0 Å². The maximum Gasteiger partial charge on any atom is 0.232 e. The van der Waals surface area contributed by atoms with Gasteiger partial charge in [0.05, 0.1) is 5.69 Å². The summed E-state index contributed by atoms with van der Waals surface area (Å²) in [5.41, 5.74) is 2.33. The van der Waals surface area contributed by atoms with Crippen LogP contribution in [0, 0.1) is 0 Å². The van der Waals surface area contributed by atoms with Crippen molar-refractivity contribution in [1.29, 1.82) is 0 Å². The van der Waals surface area contributed by atoms with Crippen molar-refractivity contribution >= 4 is 5.95 Å². The van der Waals surface area contributed by atoms with E-state index in [1.54, 1.807) is 0 Å². The Labute approximate surface area is 189 Å². The third-order valence-corrected chi connectivity index (χ3v) is 6.06. The van der Waals surface area contributed by atoms with Gasteiger partial charge in [-0.2, -0.15) is 0 Å². The van der Waals surface area contributed by atoms with Crippen LogP contribution in [0.15, 0.2) is 91.0 Å². The van der Waals surface area contributed by atoms with Crippen LogP contribution < -0.4 is 9.64 Å². The minimum atomic E-state index is 0.357. The molecule has 0 spiro atoms. The molecule has 0 N–H and O–H groups in total. The SMILES string of the molecule is c1ccc(CN(c2nnc(COc3ccccc3)n2-c2ccccc2)C2CCCC2)cc1. The lowest BCUT2D eigenvalue weighted by Gasteiger charge is -2.30. The lowest BCUT2D eigenvalue weighted by Crippen LogP contribution is -2.35. The van der Waals surface area contributed by atoms with Gasteiger partial charge in [-0.3, -0.25) is 4.57 Å². The predicted octanol–water partition coefficient (Wildman–Crippen LogP) is 5.80. The van der Waals surface area contributed by atoms with E-state index < -0.39 is 0 Å². The lowest BCUT2D eigenvalue weighted by atomic mass is 10.1. The van der Waals surface area contributed by atoms with Crippen molar-refractivity contribution in [2.75, 3.05) is 4.90 Å². The molecule has 1 heterocycles. The second-order valence-corrected chi connectivity index (χ2v) is 8.24. The Bertz CT molecular complexity index is 1110. The highest BCUT2D eigenvalue weighted by molar-refractivity contribution is 5.46. The van der Waals surface area contributed by atoms with Gasteiger partial charge in [0.25, 0.3) is 0 Å².